The highest BCUT2D eigenvalue weighted by Gasteiger charge is 2.01. The number of oxime groups is 1. The minimum absolute atomic E-state index is 0.465. The maximum absolute atomic E-state index is 8.73. The fourth-order valence-corrected chi connectivity index (χ4v) is 1.52. The van der Waals surface area contributed by atoms with Crippen molar-refractivity contribution >= 4 is 5.71 Å². The lowest BCUT2D eigenvalue weighted by Gasteiger charge is -2.07. The van der Waals surface area contributed by atoms with E-state index in [4.69, 9.17) is 9.94 Å². The fraction of sp³-hybridized carbons (Fsp3) is 0.143. The molecule has 0 radical (unpaired) electrons. The first-order valence-corrected chi connectivity index (χ1v) is 5.60. The molecule has 0 saturated heterocycles. The summed E-state index contributed by atoms with van der Waals surface area (Å²) in [6, 6.07) is 11.3. The Bertz CT molecular complexity index is 539. The predicted octanol–water partition coefficient (Wildman–Crippen LogP) is 2.86. The zero-order chi connectivity index (χ0) is 12.8. The molecular formula is C14H14N2O2. The van der Waals surface area contributed by atoms with Gasteiger partial charge in [0.05, 0.1) is 5.71 Å². The van der Waals surface area contributed by atoms with Crippen LogP contribution in [0.2, 0.25) is 0 Å². The summed E-state index contributed by atoms with van der Waals surface area (Å²) in [4.78, 5) is 4.02. The summed E-state index contributed by atoms with van der Waals surface area (Å²) in [6.07, 6.45) is 3.50. The van der Waals surface area contributed by atoms with Crippen LogP contribution in [0.5, 0.6) is 5.75 Å². The summed E-state index contributed by atoms with van der Waals surface area (Å²) < 4.78 is 5.65. The molecule has 0 unspecified atom stereocenters. The maximum Gasteiger partial charge on any atom is 0.120 e. The van der Waals surface area contributed by atoms with Gasteiger partial charge in [0.25, 0.3) is 0 Å². The van der Waals surface area contributed by atoms with Crippen LogP contribution < -0.4 is 4.74 Å². The third kappa shape index (κ3) is 3.07. The zero-order valence-corrected chi connectivity index (χ0v) is 10.1. The Balaban J connectivity index is 2.06. The van der Waals surface area contributed by atoms with Crippen molar-refractivity contribution in [1.82, 2.24) is 4.98 Å². The van der Waals surface area contributed by atoms with Crippen LogP contribution in [-0.2, 0) is 6.61 Å². The third-order valence-corrected chi connectivity index (χ3v) is 2.53. The van der Waals surface area contributed by atoms with Crippen molar-refractivity contribution in [2.45, 2.75) is 13.5 Å². The Morgan fingerprint density at radius 3 is 2.94 bits per heavy atom. The summed E-state index contributed by atoms with van der Waals surface area (Å²) in [5.74, 6) is 0.736. The molecule has 4 nitrogen and oxygen atoms in total. The molecule has 0 bridgehead atoms. The number of ether oxygens (including phenoxy) is 1. The molecule has 0 atom stereocenters. The quantitative estimate of drug-likeness (QED) is 0.509. The number of pyridine rings is 1. The van der Waals surface area contributed by atoms with E-state index in [0.29, 0.717) is 12.3 Å². The van der Waals surface area contributed by atoms with Crippen molar-refractivity contribution in [3.63, 3.8) is 0 Å². The first-order valence-electron chi connectivity index (χ1n) is 5.60. The molecule has 18 heavy (non-hydrogen) atoms. The van der Waals surface area contributed by atoms with E-state index in [1.807, 2.05) is 36.4 Å². The average Bonchev–Trinajstić information content (AvgIpc) is 2.45. The first kappa shape index (κ1) is 12.1. The van der Waals surface area contributed by atoms with Gasteiger partial charge in [0.1, 0.15) is 12.4 Å². The van der Waals surface area contributed by atoms with Gasteiger partial charge in [0.2, 0.25) is 0 Å². The van der Waals surface area contributed by atoms with Gasteiger partial charge in [0.15, 0.2) is 0 Å². The van der Waals surface area contributed by atoms with E-state index in [0.717, 1.165) is 16.9 Å². The van der Waals surface area contributed by atoms with Gasteiger partial charge < -0.3 is 9.94 Å². The van der Waals surface area contributed by atoms with Crippen molar-refractivity contribution in [2.24, 2.45) is 5.16 Å². The first-order chi connectivity index (χ1) is 8.79. The summed E-state index contributed by atoms with van der Waals surface area (Å²) in [5, 5.41) is 11.9. The summed E-state index contributed by atoms with van der Waals surface area (Å²) >= 11 is 0. The largest absolute Gasteiger partial charge is 0.489 e. The van der Waals surface area contributed by atoms with Crippen molar-refractivity contribution in [1.29, 1.82) is 0 Å². The van der Waals surface area contributed by atoms with Crippen LogP contribution in [0.3, 0.4) is 0 Å². The predicted molar refractivity (Wildman–Crippen MR) is 69.0 cm³/mol. The molecule has 1 N–H and O–H groups in total. The second-order valence-corrected chi connectivity index (χ2v) is 3.86. The second-order valence-electron chi connectivity index (χ2n) is 3.86. The topological polar surface area (TPSA) is 54.7 Å². The molecule has 2 rings (SSSR count). The van der Waals surface area contributed by atoms with E-state index in [9.17, 15) is 0 Å². The Labute approximate surface area is 106 Å². The van der Waals surface area contributed by atoms with Crippen molar-refractivity contribution in [2.75, 3.05) is 0 Å². The van der Waals surface area contributed by atoms with Crippen molar-refractivity contribution in [3.8, 4) is 5.75 Å². The highest BCUT2D eigenvalue weighted by atomic mass is 16.5. The van der Waals surface area contributed by atoms with E-state index in [1.54, 1.807) is 19.3 Å². The Hall–Kier alpha value is -2.36. The smallest absolute Gasteiger partial charge is 0.120 e. The van der Waals surface area contributed by atoms with Gasteiger partial charge in [-0.2, -0.15) is 0 Å². The summed E-state index contributed by atoms with van der Waals surface area (Å²) in [7, 11) is 0. The van der Waals surface area contributed by atoms with E-state index in [-0.39, 0.29) is 0 Å². The minimum Gasteiger partial charge on any atom is -0.489 e. The maximum atomic E-state index is 8.73. The van der Waals surface area contributed by atoms with E-state index in [2.05, 4.69) is 10.1 Å². The van der Waals surface area contributed by atoms with Gasteiger partial charge in [-0.05, 0) is 25.1 Å². The van der Waals surface area contributed by atoms with Gasteiger partial charge in [-0.25, -0.2) is 0 Å². The van der Waals surface area contributed by atoms with Gasteiger partial charge in [-0.3, -0.25) is 4.98 Å². The molecule has 92 valence electrons. The number of benzene rings is 1. The number of hydrogen-bond acceptors (Lipinski definition) is 4. The van der Waals surface area contributed by atoms with Crippen LogP contribution in [0.4, 0.5) is 0 Å². The molecule has 1 aromatic heterocycles. The molecular weight excluding hydrogens is 228 g/mol. The van der Waals surface area contributed by atoms with Crippen LogP contribution in [0.1, 0.15) is 18.1 Å². The van der Waals surface area contributed by atoms with Crippen LogP contribution in [0.15, 0.2) is 53.9 Å². The molecule has 0 fully saturated rings. The second kappa shape index (κ2) is 5.82. The zero-order valence-electron chi connectivity index (χ0n) is 10.1. The fourth-order valence-electron chi connectivity index (χ4n) is 1.52. The number of hydrogen-bond donors (Lipinski definition) is 1. The van der Waals surface area contributed by atoms with E-state index in [1.165, 1.54) is 0 Å². The van der Waals surface area contributed by atoms with Gasteiger partial charge in [0, 0.05) is 23.5 Å². The lowest BCUT2D eigenvalue weighted by atomic mass is 10.1. The molecule has 0 aliphatic rings. The Morgan fingerprint density at radius 2 is 2.22 bits per heavy atom. The highest BCUT2D eigenvalue weighted by Crippen LogP contribution is 2.15. The normalized spacial score (nSPS) is 11.3. The molecule has 0 amide bonds. The number of nitrogens with zero attached hydrogens (tertiary/aromatic N) is 2. The number of aromatic nitrogens is 1. The monoisotopic (exact) mass is 242 g/mol. The summed E-state index contributed by atoms with van der Waals surface area (Å²) in [6.45, 7) is 2.20. The van der Waals surface area contributed by atoms with E-state index >= 15 is 0 Å². The Morgan fingerprint density at radius 1 is 1.33 bits per heavy atom. The van der Waals surface area contributed by atoms with Gasteiger partial charge in [-0.15, -0.1) is 0 Å². The molecule has 1 aromatic carbocycles. The van der Waals surface area contributed by atoms with Crippen molar-refractivity contribution < 1.29 is 9.94 Å². The molecule has 0 aliphatic heterocycles. The standard InChI is InChI=1S/C14H14N2O2/c1-11(16-17)13-5-2-6-14(8-13)18-10-12-4-3-7-15-9-12/h2-9,17H,10H2,1H3/b16-11+. The van der Waals surface area contributed by atoms with Crippen molar-refractivity contribution in [3.05, 3.63) is 59.9 Å². The molecule has 1 heterocycles. The lowest BCUT2D eigenvalue weighted by Crippen LogP contribution is -1.98. The average molecular weight is 242 g/mol. The van der Waals surface area contributed by atoms with Crippen LogP contribution in [0.25, 0.3) is 0 Å². The molecule has 2 aromatic rings. The van der Waals surface area contributed by atoms with E-state index < -0.39 is 0 Å². The molecule has 0 saturated carbocycles. The number of rotatable bonds is 4. The van der Waals surface area contributed by atoms with Gasteiger partial charge in [-0.1, -0.05) is 23.4 Å². The molecule has 0 aliphatic carbocycles. The van der Waals surface area contributed by atoms with Crippen LogP contribution in [-0.4, -0.2) is 15.9 Å². The molecule has 4 heteroatoms. The molecule has 0 spiro atoms. The van der Waals surface area contributed by atoms with Crippen LogP contribution >= 0.6 is 0 Å². The SMILES string of the molecule is C/C(=N\O)c1cccc(OCc2cccnc2)c1. The van der Waals surface area contributed by atoms with Gasteiger partial charge >= 0.3 is 0 Å². The highest BCUT2D eigenvalue weighted by molar-refractivity contribution is 5.98. The minimum atomic E-state index is 0.465. The lowest BCUT2D eigenvalue weighted by molar-refractivity contribution is 0.305. The Kier molecular flexibility index (Phi) is 3.91. The third-order valence-electron chi connectivity index (χ3n) is 2.53. The summed E-state index contributed by atoms with van der Waals surface area (Å²) in [5.41, 5.74) is 2.40. The van der Waals surface area contributed by atoms with Crippen LogP contribution in [0, 0.1) is 0 Å².